The molecule has 0 fully saturated rings. The molecule has 11 heavy (non-hydrogen) atoms. The van der Waals surface area contributed by atoms with E-state index in [1.807, 2.05) is 31.2 Å². The highest BCUT2D eigenvalue weighted by Gasteiger charge is 2.21. The summed E-state index contributed by atoms with van der Waals surface area (Å²) in [5.74, 6) is 0. The van der Waals surface area contributed by atoms with Crippen molar-refractivity contribution in [2.24, 2.45) is 0 Å². The van der Waals surface area contributed by atoms with Crippen LogP contribution < -0.4 is 5.30 Å². The SMILES string of the molecule is CO[P+](=O)c1ccccc1C. The van der Waals surface area contributed by atoms with E-state index in [0.29, 0.717) is 0 Å². The molecule has 0 heterocycles. The van der Waals surface area contributed by atoms with Gasteiger partial charge in [-0.25, -0.2) is 0 Å². The van der Waals surface area contributed by atoms with E-state index in [4.69, 9.17) is 4.52 Å². The molecule has 0 radical (unpaired) electrons. The molecule has 0 N–H and O–H groups in total. The van der Waals surface area contributed by atoms with E-state index in [-0.39, 0.29) is 0 Å². The molecule has 1 rings (SSSR count). The van der Waals surface area contributed by atoms with Gasteiger partial charge >= 0.3 is 8.03 Å². The van der Waals surface area contributed by atoms with Crippen LogP contribution in [0.4, 0.5) is 0 Å². The molecule has 2 nitrogen and oxygen atoms in total. The van der Waals surface area contributed by atoms with Gasteiger partial charge in [0.2, 0.25) is 5.30 Å². The zero-order valence-corrected chi connectivity index (χ0v) is 7.47. The van der Waals surface area contributed by atoms with Gasteiger partial charge in [0.25, 0.3) is 0 Å². The van der Waals surface area contributed by atoms with Gasteiger partial charge in [-0.2, -0.15) is 0 Å². The van der Waals surface area contributed by atoms with E-state index < -0.39 is 8.03 Å². The van der Waals surface area contributed by atoms with Gasteiger partial charge in [0, 0.05) is 5.56 Å². The lowest BCUT2D eigenvalue weighted by Gasteiger charge is -1.89. The van der Waals surface area contributed by atoms with Gasteiger partial charge in [0.05, 0.1) is 7.11 Å². The van der Waals surface area contributed by atoms with Crippen LogP contribution in [0.2, 0.25) is 0 Å². The summed E-state index contributed by atoms with van der Waals surface area (Å²) in [6.07, 6.45) is 0. The number of hydrogen-bond donors (Lipinski definition) is 0. The minimum Gasteiger partial charge on any atom is -0.145 e. The average molecular weight is 169 g/mol. The molecule has 3 heteroatoms. The van der Waals surface area contributed by atoms with Crippen LogP contribution in [0.25, 0.3) is 0 Å². The molecule has 0 aliphatic rings. The Morgan fingerprint density at radius 3 is 2.55 bits per heavy atom. The van der Waals surface area contributed by atoms with Gasteiger partial charge in [-0.3, -0.25) is 0 Å². The normalized spacial score (nSPS) is 11.3. The molecule has 0 aliphatic heterocycles. The molecule has 1 unspecified atom stereocenters. The summed E-state index contributed by atoms with van der Waals surface area (Å²) in [5, 5.41) is 0.782. The molecule has 1 aromatic rings. The lowest BCUT2D eigenvalue weighted by molar-refractivity contribution is 0.423. The van der Waals surface area contributed by atoms with Crippen LogP contribution in [0.1, 0.15) is 5.56 Å². The van der Waals surface area contributed by atoms with Crippen LogP contribution in [0.5, 0.6) is 0 Å². The third-order valence-corrected chi connectivity index (χ3v) is 2.70. The van der Waals surface area contributed by atoms with Crippen molar-refractivity contribution < 1.29 is 9.09 Å². The van der Waals surface area contributed by atoms with E-state index in [2.05, 4.69) is 0 Å². The maximum Gasteiger partial charge on any atom is 0.548 e. The lowest BCUT2D eigenvalue weighted by atomic mass is 10.2. The Balaban J connectivity index is 3.03. The predicted octanol–water partition coefficient (Wildman–Crippen LogP) is 2.01. The summed E-state index contributed by atoms with van der Waals surface area (Å²) in [7, 11) is -0.195. The molecule has 0 saturated heterocycles. The number of benzene rings is 1. The topological polar surface area (TPSA) is 26.3 Å². The maximum atomic E-state index is 11.2. The van der Waals surface area contributed by atoms with Crippen molar-refractivity contribution in [2.75, 3.05) is 7.11 Å². The number of rotatable bonds is 2. The molecule has 1 aromatic carbocycles. The molecular weight excluding hydrogens is 159 g/mol. The second kappa shape index (κ2) is 3.61. The summed E-state index contributed by atoms with van der Waals surface area (Å²) in [6, 6.07) is 7.51. The van der Waals surface area contributed by atoms with Crippen LogP contribution in [0.3, 0.4) is 0 Å². The van der Waals surface area contributed by atoms with Gasteiger partial charge in [0.15, 0.2) is 0 Å². The zero-order valence-electron chi connectivity index (χ0n) is 6.57. The Hall–Kier alpha value is -0.720. The quantitative estimate of drug-likeness (QED) is 0.633. The monoisotopic (exact) mass is 169 g/mol. The van der Waals surface area contributed by atoms with E-state index in [9.17, 15) is 4.57 Å². The summed E-state index contributed by atoms with van der Waals surface area (Å²) < 4.78 is 15.9. The fourth-order valence-corrected chi connectivity index (χ4v) is 1.63. The first-order chi connectivity index (χ1) is 5.25. The van der Waals surface area contributed by atoms with Crippen molar-refractivity contribution in [3.05, 3.63) is 29.8 Å². The molecule has 1 atom stereocenters. The summed E-state index contributed by atoms with van der Waals surface area (Å²) in [6.45, 7) is 1.92. The van der Waals surface area contributed by atoms with E-state index >= 15 is 0 Å². The van der Waals surface area contributed by atoms with Crippen molar-refractivity contribution in [2.45, 2.75) is 6.92 Å². The predicted molar refractivity (Wildman–Crippen MR) is 45.4 cm³/mol. The first-order valence-corrected chi connectivity index (χ1v) is 4.50. The lowest BCUT2D eigenvalue weighted by Crippen LogP contribution is -2.00. The minimum absolute atomic E-state index is 0.782. The first-order valence-electron chi connectivity index (χ1n) is 3.32. The van der Waals surface area contributed by atoms with E-state index in [0.717, 1.165) is 10.9 Å². The Morgan fingerprint density at radius 1 is 1.36 bits per heavy atom. The third-order valence-electron chi connectivity index (χ3n) is 1.48. The fourth-order valence-electron chi connectivity index (χ4n) is 0.867. The molecule has 0 bridgehead atoms. The van der Waals surface area contributed by atoms with Crippen molar-refractivity contribution in [3.8, 4) is 0 Å². The third kappa shape index (κ3) is 1.86. The maximum absolute atomic E-state index is 11.2. The molecular formula is C8H10O2P+. The van der Waals surface area contributed by atoms with Gasteiger partial charge in [-0.15, -0.1) is 4.52 Å². The smallest absolute Gasteiger partial charge is 0.145 e. The molecule has 0 spiro atoms. The van der Waals surface area contributed by atoms with Crippen LogP contribution in [0.15, 0.2) is 24.3 Å². The van der Waals surface area contributed by atoms with Crippen molar-refractivity contribution in [3.63, 3.8) is 0 Å². The molecule has 0 saturated carbocycles. The second-order valence-electron chi connectivity index (χ2n) is 2.23. The Labute approximate surface area is 67.1 Å². The van der Waals surface area contributed by atoms with Gasteiger partial charge in [-0.1, -0.05) is 18.2 Å². The van der Waals surface area contributed by atoms with Crippen molar-refractivity contribution >= 4 is 13.3 Å². The molecule has 0 aliphatic carbocycles. The zero-order chi connectivity index (χ0) is 8.27. The van der Waals surface area contributed by atoms with E-state index in [1.165, 1.54) is 7.11 Å². The van der Waals surface area contributed by atoms with Crippen LogP contribution in [-0.2, 0) is 9.09 Å². The highest BCUT2D eigenvalue weighted by Crippen LogP contribution is 2.20. The molecule has 0 aromatic heterocycles. The Kier molecular flexibility index (Phi) is 2.75. The standard InChI is InChI=1S/C8H10O2P/c1-7-5-3-4-6-8(7)11(9)10-2/h3-6H,1-2H3/q+1. The van der Waals surface area contributed by atoms with Crippen LogP contribution >= 0.6 is 8.03 Å². The van der Waals surface area contributed by atoms with E-state index in [1.54, 1.807) is 0 Å². The van der Waals surface area contributed by atoms with Gasteiger partial charge in [-0.05, 0) is 17.6 Å². The molecule has 0 amide bonds. The van der Waals surface area contributed by atoms with Crippen LogP contribution in [-0.4, -0.2) is 7.11 Å². The highest BCUT2D eigenvalue weighted by molar-refractivity contribution is 7.48. The van der Waals surface area contributed by atoms with Gasteiger partial charge < -0.3 is 0 Å². The second-order valence-corrected chi connectivity index (χ2v) is 3.59. The fraction of sp³-hybridized carbons (Fsp3) is 0.250. The molecule has 58 valence electrons. The summed E-state index contributed by atoms with van der Waals surface area (Å²) in [4.78, 5) is 0. The minimum atomic E-state index is -1.64. The van der Waals surface area contributed by atoms with Gasteiger partial charge in [0.1, 0.15) is 0 Å². The van der Waals surface area contributed by atoms with Crippen molar-refractivity contribution in [1.82, 2.24) is 0 Å². The highest BCUT2D eigenvalue weighted by atomic mass is 31.1. The summed E-state index contributed by atoms with van der Waals surface area (Å²) >= 11 is 0. The number of hydrogen-bond acceptors (Lipinski definition) is 2. The Morgan fingerprint density at radius 2 is 2.00 bits per heavy atom. The summed E-state index contributed by atoms with van der Waals surface area (Å²) in [5.41, 5.74) is 1.01. The van der Waals surface area contributed by atoms with Crippen molar-refractivity contribution in [1.29, 1.82) is 0 Å². The Bertz CT molecular complexity index is 271. The average Bonchev–Trinajstić information content (AvgIpc) is 2.04. The van der Waals surface area contributed by atoms with Crippen LogP contribution in [0, 0.1) is 6.92 Å². The number of aryl methyl sites for hydroxylation is 1. The first kappa shape index (κ1) is 8.38. The largest absolute Gasteiger partial charge is 0.548 e.